The molecule has 3 amide bonds. The van der Waals surface area contributed by atoms with Crippen LogP contribution < -0.4 is 14.8 Å². The molecule has 140 valence electrons. The van der Waals surface area contributed by atoms with Crippen LogP contribution in [0.5, 0.6) is 11.5 Å². The van der Waals surface area contributed by atoms with E-state index in [0.717, 1.165) is 12.1 Å². The van der Waals surface area contributed by atoms with Gasteiger partial charge in [0.15, 0.2) is 11.5 Å². The molecule has 7 heteroatoms. The van der Waals surface area contributed by atoms with Gasteiger partial charge in [-0.05, 0) is 19.4 Å². The quantitative estimate of drug-likeness (QED) is 0.876. The van der Waals surface area contributed by atoms with Crippen LogP contribution in [0, 0.1) is 0 Å². The SMILES string of the molecule is CC[C@H](C)N1CC2=C(C1=O)[C@H](c1cccc(OC)c1OC)NC(=O)N2C. The van der Waals surface area contributed by atoms with Gasteiger partial charge in [0.2, 0.25) is 0 Å². The van der Waals surface area contributed by atoms with Crippen molar-refractivity contribution in [1.29, 1.82) is 0 Å². The molecule has 7 nitrogen and oxygen atoms in total. The number of likely N-dealkylation sites (N-methyl/N-ethyl adjacent to an activating group) is 1. The second kappa shape index (κ2) is 6.90. The lowest BCUT2D eigenvalue weighted by Gasteiger charge is -2.31. The first-order chi connectivity index (χ1) is 12.4. The van der Waals surface area contributed by atoms with E-state index in [-0.39, 0.29) is 18.0 Å². The second-order valence-electron chi connectivity index (χ2n) is 6.57. The zero-order chi connectivity index (χ0) is 19.0. The minimum Gasteiger partial charge on any atom is -0.493 e. The maximum atomic E-state index is 13.1. The Bertz CT molecular complexity index is 774. The van der Waals surface area contributed by atoms with Gasteiger partial charge in [0.05, 0.1) is 38.1 Å². The Labute approximate surface area is 153 Å². The summed E-state index contributed by atoms with van der Waals surface area (Å²) in [6.45, 7) is 4.51. The van der Waals surface area contributed by atoms with Crippen LogP contribution in [0.25, 0.3) is 0 Å². The zero-order valence-electron chi connectivity index (χ0n) is 15.8. The first kappa shape index (κ1) is 18.1. The first-order valence-electron chi connectivity index (χ1n) is 8.73. The van der Waals surface area contributed by atoms with Crippen molar-refractivity contribution in [2.45, 2.75) is 32.4 Å². The molecule has 26 heavy (non-hydrogen) atoms. The fourth-order valence-corrected chi connectivity index (χ4v) is 3.54. The lowest BCUT2D eigenvalue weighted by molar-refractivity contribution is -0.127. The average Bonchev–Trinajstić information content (AvgIpc) is 3.01. The van der Waals surface area contributed by atoms with Crippen molar-refractivity contribution in [3.8, 4) is 11.5 Å². The van der Waals surface area contributed by atoms with Crippen molar-refractivity contribution in [2.75, 3.05) is 27.8 Å². The van der Waals surface area contributed by atoms with Crippen molar-refractivity contribution in [1.82, 2.24) is 15.1 Å². The molecule has 0 bridgehead atoms. The summed E-state index contributed by atoms with van der Waals surface area (Å²) >= 11 is 0. The largest absolute Gasteiger partial charge is 0.493 e. The van der Waals surface area contributed by atoms with E-state index in [1.807, 2.05) is 30.9 Å². The standard InChI is InChI=1S/C19H25N3O4/c1-6-11(2)22-10-13-15(18(22)23)16(20-19(24)21(13)3)12-8-7-9-14(25-4)17(12)26-5/h7-9,11,16H,6,10H2,1-5H3,(H,20,24)/t11-,16-/m0/s1. The van der Waals surface area contributed by atoms with E-state index in [4.69, 9.17) is 9.47 Å². The predicted octanol–water partition coefficient (Wildman–Crippen LogP) is 2.29. The minimum absolute atomic E-state index is 0.0453. The van der Waals surface area contributed by atoms with Gasteiger partial charge >= 0.3 is 6.03 Å². The number of hydrogen-bond donors (Lipinski definition) is 1. The number of para-hydroxylation sites is 1. The number of hydrogen-bond acceptors (Lipinski definition) is 4. The molecule has 1 N–H and O–H groups in total. The third-order valence-corrected chi connectivity index (χ3v) is 5.26. The number of carbonyl (C=O) groups excluding carboxylic acids is 2. The monoisotopic (exact) mass is 359 g/mol. The third-order valence-electron chi connectivity index (χ3n) is 5.26. The maximum Gasteiger partial charge on any atom is 0.322 e. The highest BCUT2D eigenvalue weighted by Gasteiger charge is 2.44. The first-order valence-corrected chi connectivity index (χ1v) is 8.73. The van der Waals surface area contributed by atoms with Crippen LogP contribution in [0.4, 0.5) is 4.79 Å². The maximum absolute atomic E-state index is 13.1. The van der Waals surface area contributed by atoms with Crippen molar-refractivity contribution in [3.63, 3.8) is 0 Å². The Morgan fingerprint density at radius 1 is 1.27 bits per heavy atom. The minimum atomic E-state index is -0.569. The number of carbonyl (C=O) groups is 2. The number of benzene rings is 1. The van der Waals surface area contributed by atoms with Crippen molar-refractivity contribution in [2.24, 2.45) is 0 Å². The molecule has 2 atom stereocenters. The molecule has 2 heterocycles. The van der Waals surface area contributed by atoms with Crippen LogP contribution in [0.15, 0.2) is 29.5 Å². The summed E-state index contributed by atoms with van der Waals surface area (Å²) in [6.07, 6.45) is 0.852. The summed E-state index contributed by atoms with van der Waals surface area (Å²) in [4.78, 5) is 29.0. The van der Waals surface area contributed by atoms with Gasteiger partial charge in [0.1, 0.15) is 0 Å². The number of nitrogens with one attached hydrogen (secondary N) is 1. The summed E-state index contributed by atoms with van der Waals surface area (Å²) in [5, 5.41) is 2.93. The zero-order valence-corrected chi connectivity index (χ0v) is 15.8. The van der Waals surface area contributed by atoms with E-state index in [1.54, 1.807) is 27.3 Å². The van der Waals surface area contributed by atoms with Crippen molar-refractivity contribution >= 4 is 11.9 Å². The van der Waals surface area contributed by atoms with Gasteiger partial charge in [-0.15, -0.1) is 0 Å². The number of nitrogens with zero attached hydrogens (tertiary/aromatic N) is 2. The van der Waals surface area contributed by atoms with Crippen LogP contribution >= 0.6 is 0 Å². The fourth-order valence-electron chi connectivity index (χ4n) is 3.54. The summed E-state index contributed by atoms with van der Waals surface area (Å²) in [6, 6.07) is 4.76. The fraction of sp³-hybridized carbons (Fsp3) is 0.474. The Morgan fingerprint density at radius 3 is 2.62 bits per heavy atom. The smallest absolute Gasteiger partial charge is 0.322 e. The average molecular weight is 359 g/mol. The van der Waals surface area contributed by atoms with Gasteiger partial charge in [-0.1, -0.05) is 19.1 Å². The molecule has 0 radical (unpaired) electrons. The van der Waals surface area contributed by atoms with Crippen LogP contribution in [0.1, 0.15) is 31.9 Å². The highest BCUT2D eigenvalue weighted by Crippen LogP contribution is 2.42. The molecule has 0 fully saturated rings. The molecule has 0 aromatic heterocycles. The van der Waals surface area contributed by atoms with Crippen molar-refractivity contribution < 1.29 is 19.1 Å². The number of amides is 3. The molecule has 2 aliphatic heterocycles. The Kier molecular flexibility index (Phi) is 4.80. The summed E-state index contributed by atoms with van der Waals surface area (Å²) < 4.78 is 10.9. The number of ether oxygens (including phenoxy) is 2. The van der Waals surface area contributed by atoms with Crippen LogP contribution in [0.3, 0.4) is 0 Å². The van der Waals surface area contributed by atoms with Crippen LogP contribution in [0.2, 0.25) is 0 Å². The summed E-state index contributed by atoms with van der Waals surface area (Å²) in [5.74, 6) is 1.03. The van der Waals surface area contributed by atoms with Gasteiger partial charge in [-0.2, -0.15) is 0 Å². The van der Waals surface area contributed by atoms with Gasteiger partial charge in [0, 0.05) is 18.7 Å². The van der Waals surface area contributed by atoms with E-state index in [9.17, 15) is 9.59 Å². The number of rotatable bonds is 5. The molecule has 3 rings (SSSR count). The van der Waals surface area contributed by atoms with Gasteiger partial charge in [0.25, 0.3) is 5.91 Å². The highest BCUT2D eigenvalue weighted by molar-refractivity contribution is 6.01. The number of methoxy groups -OCH3 is 2. The molecular weight excluding hydrogens is 334 g/mol. The summed E-state index contributed by atoms with van der Waals surface area (Å²) in [5.41, 5.74) is 2.05. The van der Waals surface area contributed by atoms with E-state index < -0.39 is 6.04 Å². The van der Waals surface area contributed by atoms with Crippen molar-refractivity contribution in [3.05, 3.63) is 35.0 Å². The molecule has 1 aromatic carbocycles. The molecule has 0 unspecified atom stereocenters. The van der Waals surface area contributed by atoms with Crippen LogP contribution in [-0.2, 0) is 4.79 Å². The van der Waals surface area contributed by atoms with Crippen LogP contribution in [-0.4, -0.2) is 55.6 Å². The molecule has 0 saturated carbocycles. The highest BCUT2D eigenvalue weighted by atomic mass is 16.5. The Hall–Kier alpha value is -2.70. The van der Waals surface area contributed by atoms with E-state index >= 15 is 0 Å². The summed E-state index contributed by atoms with van der Waals surface area (Å²) in [7, 11) is 4.80. The predicted molar refractivity (Wildman–Crippen MR) is 97.1 cm³/mol. The third kappa shape index (κ3) is 2.67. The molecular formula is C19H25N3O4. The Balaban J connectivity index is 2.11. The molecule has 2 aliphatic rings. The molecule has 0 aliphatic carbocycles. The molecule has 0 saturated heterocycles. The van der Waals surface area contributed by atoms with E-state index in [1.165, 1.54) is 4.90 Å². The Morgan fingerprint density at radius 2 is 2.00 bits per heavy atom. The lowest BCUT2D eigenvalue weighted by atomic mass is 9.94. The lowest BCUT2D eigenvalue weighted by Crippen LogP contribution is -2.45. The molecule has 0 spiro atoms. The van der Waals surface area contributed by atoms with E-state index in [2.05, 4.69) is 5.32 Å². The normalized spacial score (nSPS) is 20.9. The number of urea groups is 1. The second-order valence-corrected chi connectivity index (χ2v) is 6.57. The van der Waals surface area contributed by atoms with Gasteiger partial charge in [-0.3, -0.25) is 9.69 Å². The topological polar surface area (TPSA) is 71.1 Å². The van der Waals surface area contributed by atoms with Gasteiger partial charge < -0.3 is 19.7 Å². The van der Waals surface area contributed by atoms with E-state index in [0.29, 0.717) is 29.2 Å². The molecule has 1 aromatic rings. The van der Waals surface area contributed by atoms with Gasteiger partial charge in [-0.25, -0.2) is 4.79 Å².